The Morgan fingerprint density at radius 1 is 1.11 bits per heavy atom. The van der Waals surface area contributed by atoms with Gasteiger partial charge in [0.1, 0.15) is 11.6 Å². The highest BCUT2D eigenvalue weighted by molar-refractivity contribution is 6.00. The highest BCUT2D eigenvalue weighted by Crippen LogP contribution is 2.29. The predicted molar refractivity (Wildman–Crippen MR) is 102 cm³/mol. The van der Waals surface area contributed by atoms with Crippen LogP contribution in [0.2, 0.25) is 0 Å². The number of carbonyl (C=O) groups is 1. The predicted octanol–water partition coefficient (Wildman–Crippen LogP) is 3.03. The third-order valence-corrected chi connectivity index (χ3v) is 4.80. The number of benzene rings is 2. The SMILES string of the molecule is CN1CCN(c2cc3nc(Nc4cc(F)cc(F)c4)[nH]c3cc2C(=O)O)CC1. The zero-order chi connectivity index (χ0) is 19.8. The molecule has 3 N–H and O–H groups in total. The lowest BCUT2D eigenvalue weighted by molar-refractivity contribution is 0.0697. The second-order valence-electron chi connectivity index (χ2n) is 6.85. The molecular formula is C19H19F2N5O2. The van der Waals surface area contributed by atoms with E-state index in [1.54, 1.807) is 6.07 Å². The first kappa shape index (κ1) is 18.2. The summed E-state index contributed by atoms with van der Waals surface area (Å²) >= 11 is 0. The molecular weight excluding hydrogens is 368 g/mol. The Hall–Kier alpha value is -3.20. The lowest BCUT2D eigenvalue weighted by Gasteiger charge is -2.34. The van der Waals surface area contributed by atoms with Gasteiger partial charge in [-0.2, -0.15) is 0 Å². The first-order valence-electron chi connectivity index (χ1n) is 8.83. The molecule has 0 amide bonds. The molecule has 0 bridgehead atoms. The van der Waals surface area contributed by atoms with Gasteiger partial charge in [-0.15, -0.1) is 0 Å². The zero-order valence-electron chi connectivity index (χ0n) is 15.2. The molecule has 1 saturated heterocycles. The van der Waals surface area contributed by atoms with E-state index in [0.717, 1.165) is 44.4 Å². The van der Waals surface area contributed by atoms with Crippen LogP contribution in [0.5, 0.6) is 0 Å². The molecule has 0 saturated carbocycles. The number of aromatic amines is 1. The first-order chi connectivity index (χ1) is 13.4. The van der Waals surface area contributed by atoms with Crippen molar-refractivity contribution >= 4 is 34.3 Å². The van der Waals surface area contributed by atoms with Gasteiger partial charge in [-0.1, -0.05) is 0 Å². The van der Waals surface area contributed by atoms with Crippen LogP contribution in [0.4, 0.5) is 26.1 Å². The maximum absolute atomic E-state index is 13.4. The van der Waals surface area contributed by atoms with E-state index >= 15 is 0 Å². The molecule has 7 nitrogen and oxygen atoms in total. The Morgan fingerprint density at radius 2 is 1.79 bits per heavy atom. The minimum atomic E-state index is -1.02. The number of carboxylic acid groups (broad SMARTS) is 1. The van der Waals surface area contributed by atoms with E-state index in [9.17, 15) is 18.7 Å². The van der Waals surface area contributed by atoms with Crippen molar-refractivity contribution in [2.75, 3.05) is 43.4 Å². The minimum absolute atomic E-state index is 0.184. The molecule has 3 aromatic rings. The third kappa shape index (κ3) is 3.61. The fourth-order valence-electron chi connectivity index (χ4n) is 3.35. The number of likely N-dealkylation sites (N-methyl/N-ethyl adjacent to an activating group) is 1. The summed E-state index contributed by atoms with van der Waals surface area (Å²) < 4.78 is 26.8. The molecule has 1 fully saturated rings. The molecule has 146 valence electrons. The number of piperazine rings is 1. The van der Waals surface area contributed by atoms with Gasteiger partial charge < -0.3 is 25.2 Å². The summed E-state index contributed by atoms with van der Waals surface area (Å²) in [5, 5.41) is 12.5. The number of nitrogens with one attached hydrogen (secondary N) is 2. The fourth-order valence-corrected chi connectivity index (χ4v) is 3.35. The smallest absolute Gasteiger partial charge is 0.337 e. The number of aromatic carboxylic acids is 1. The number of hydrogen-bond acceptors (Lipinski definition) is 5. The number of anilines is 3. The van der Waals surface area contributed by atoms with Crippen LogP contribution in [0.25, 0.3) is 11.0 Å². The second kappa shape index (κ2) is 7.08. The van der Waals surface area contributed by atoms with Gasteiger partial charge in [0.2, 0.25) is 5.95 Å². The summed E-state index contributed by atoms with van der Waals surface area (Å²) in [5.74, 6) is -2.16. The zero-order valence-corrected chi connectivity index (χ0v) is 15.2. The molecule has 0 atom stereocenters. The molecule has 0 radical (unpaired) electrons. The molecule has 4 rings (SSSR count). The number of fused-ring (bicyclic) bond motifs is 1. The van der Waals surface area contributed by atoms with Gasteiger partial charge in [-0.05, 0) is 31.3 Å². The first-order valence-corrected chi connectivity index (χ1v) is 8.83. The lowest BCUT2D eigenvalue weighted by Crippen LogP contribution is -2.45. The van der Waals surface area contributed by atoms with Gasteiger partial charge in [-0.25, -0.2) is 18.6 Å². The van der Waals surface area contributed by atoms with Crippen molar-refractivity contribution < 1.29 is 18.7 Å². The van der Waals surface area contributed by atoms with Crippen LogP contribution < -0.4 is 10.2 Å². The molecule has 0 unspecified atom stereocenters. The van der Waals surface area contributed by atoms with Crippen molar-refractivity contribution in [2.45, 2.75) is 0 Å². The second-order valence-corrected chi connectivity index (χ2v) is 6.85. The summed E-state index contributed by atoms with van der Waals surface area (Å²) in [6.07, 6.45) is 0. The van der Waals surface area contributed by atoms with E-state index < -0.39 is 17.6 Å². The van der Waals surface area contributed by atoms with E-state index in [1.807, 2.05) is 11.9 Å². The van der Waals surface area contributed by atoms with Crippen molar-refractivity contribution in [3.63, 3.8) is 0 Å². The molecule has 1 aromatic heterocycles. The topological polar surface area (TPSA) is 84.5 Å². The molecule has 1 aliphatic heterocycles. The van der Waals surface area contributed by atoms with Crippen LogP contribution in [0.1, 0.15) is 10.4 Å². The molecule has 0 spiro atoms. The normalized spacial score (nSPS) is 15.2. The molecule has 2 heterocycles. The molecule has 28 heavy (non-hydrogen) atoms. The average molecular weight is 387 g/mol. The highest BCUT2D eigenvalue weighted by Gasteiger charge is 2.22. The number of nitrogens with zero attached hydrogens (tertiary/aromatic N) is 3. The Balaban J connectivity index is 1.69. The standard InChI is InChI=1S/C19H19F2N5O2/c1-25-2-4-26(5-3-25)17-10-16-15(9-14(17)18(27)28)23-19(24-16)22-13-7-11(20)6-12(21)8-13/h6-10H,2-5H2,1H3,(H,27,28)(H2,22,23,24). The maximum atomic E-state index is 13.4. The molecule has 9 heteroatoms. The van der Waals surface area contributed by atoms with Crippen molar-refractivity contribution in [1.82, 2.24) is 14.9 Å². The lowest BCUT2D eigenvalue weighted by atomic mass is 10.1. The molecule has 0 aliphatic carbocycles. The van der Waals surface area contributed by atoms with E-state index in [2.05, 4.69) is 20.2 Å². The van der Waals surface area contributed by atoms with Crippen molar-refractivity contribution in [2.24, 2.45) is 0 Å². The third-order valence-electron chi connectivity index (χ3n) is 4.80. The quantitative estimate of drug-likeness (QED) is 0.638. The number of halogens is 2. The summed E-state index contributed by atoms with van der Waals surface area (Å²) in [4.78, 5) is 23.3. The number of imidazole rings is 1. The maximum Gasteiger partial charge on any atom is 0.337 e. The Labute approximate surface area is 159 Å². The Morgan fingerprint density at radius 3 is 2.43 bits per heavy atom. The average Bonchev–Trinajstić information content (AvgIpc) is 3.01. The van der Waals surface area contributed by atoms with Crippen LogP contribution in [0.3, 0.4) is 0 Å². The number of hydrogen-bond donors (Lipinski definition) is 3. The van der Waals surface area contributed by atoms with Crippen LogP contribution in [-0.2, 0) is 0 Å². The fraction of sp³-hybridized carbons (Fsp3) is 0.263. The number of rotatable bonds is 4. The summed E-state index contributed by atoms with van der Waals surface area (Å²) in [7, 11) is 2.03. The van der Waals surface area contributed by atoms with Crippen molar-refractivity contribution in [3.8, 4) is 0 Å². The largest absolute Gasteiger partial charge is 0.478 e. The summed E-state index contributed by atoms with van der Waals surface area (Å²) in [6.45, 7) is 3.13. The van der Waals surface area contributed by atoms with Gasteiger partial charge in [0.15, 0.2) is 0 Å². The number of H-pyrrole nitrogens is 1. The van der Waals surface area contributed by atoms with Gasteiger partial charge in [-0.3, -0.25) is 0 Å². The number of carboxylic acids is 1. The Bertz CT molecular complexity index is 1020. The summed E-state index contributed by atoms with van der Waals surface area (Å²) in [5.41, 5.74) is 2.09. The van der Waals surface area contributed by atoms with Gasteiger partial charge in [0.05, 0.1) is 22.3 Å². The van der Waals surface area contributed by atoms with Crippen LogP contribution in [0, 0.1) is 11.6 Å². The summed E-state index contributed by atoms with van der Waals surface area (Å²) in [6, 6.07) is 6.35. The van der Waals surface area contributed by atoms with Crippen LogP contribution in [-0.4, -0.2) is 59.2 Å². The number of aromatic nitrogens is 2. The minimum Gasteiger partial charge on any atom is -0.478 e. The van der Waals surface area contributed by atoms with Gasteiger partial charge >= 0.3 is 5.97 Å². The van der Waals surface area contributed by atoms with E-state index in [-0.39, 0.29) is 17.2 Å². The van der Waals surface area contributed by atoms with Gasteiger partial charge in [0, 0.05) is 37.9 Å². The van der Waals surface area contributed by atoms with Crippen molar-refractivity contribution in [1.29, 1.82) is 0 Å². The van der Waals surface area contributed by atoms with E-state index in [4.69, 9.17) is 0 Å². The van der Waals surface area contributed by atoms with Crippen LogP contribution in [0.15, 0.2) is 30.3 Å². The molecule has 2 aromatic carbocycles. The molecule has 1 aliphatic rings. The highest BCUT2D eigenvalue weighted by atomic mass is 19.1. The van der Waals surface area contributed by atoms with Crippen molar-refractivity contribution in [3.05, 3.63) is 47.5 Å². The van der Waals surface area contributed by atoms with Gasteiger partial charge in [0.25, 0.3) is 0 Å². The van der Waals surface area contributed by atoms with Crippen LogP contribution >= 0.6 is 0 Å². The monoisotopic (exact) mass is 387 g/mol. The van der Waals surface area contributed by atoms with E-state index in [0.29, 0.717) is 16.7 Å². The van der Waals surface area contributed by atoms with E-state index in [1.165, 1.54) is 6.07 Å². The Kier molecular flexibility index (Phi) is 4.60.